The molecule has 1 aliphatic carbocycles. The fourth-order valence-electron chi connectivity index (χ4n) is 4.42. The lowest BCUT2D eigenvalue weighted by Gasteiger charge is -2.30. The lowest BCUT2D eigenvalue weighted by atomic mass is 9.85. The normalized spacial score (nSPS) is 20.3. The van der Waals surface area contributed by atoms with Crippen LogP contribution in [0.4, 0.5) is 0 Å². The molecular weight excluding hydrogens is 336 g/mol. The minimum Gasteiger partial charge on any atom is -0.312 e. The van der Waals surface area contributed by atoms with E-state index in [0.717, 1.165) is 28.7 Å². The maximum atomic E-state index is 13.2. The Morgan fingerprint density at radius 3 is 2.67 bits per heavy atom. The molecule has 1 aromatic carbocycles. The summed E-state index contributed by atoms with van der Waals surface area (Å²) in [5.41, 5.74) is 3.67. The van der Waals surface area contributed by atoms with E-state index in [2.05, 4.69) is 17.0 Å². The molecule has 0 aliphatic heterocycles. The van der Waals surface area contributed by atoms with Crippen LogP contribution in [-0.4, -0.2) is 19.2 Å². The zero-order chi connectivity index (χ0) is 18.4. The Morgan fingerprint density at radius 1 is 1.04 bits per heavy atom. The predicted octanol–water partition coefficient (Wildman–Crippen LogP) is 4.46. The molecule has 1 saturated carbocycles. The second-order valence-corrected chi connectivity index (χ2v) is 7.57. The Balaban J connectivity index is 1.68. The number of fused-ring (bicyclic) bond motifs is 3. The molecule has 4 aromatic rings. The van der Waals surface area contributed by atoms with E-state index in [-0.39, 0.29) is 11.6 Å². The molecule has 0 unspecified atom stereocenters. The predicted molar refractivity (Wildman–Crippen MR) is 107 cm³/mol. The molecule has 1 fully saturated rings. The summed E-state index contributed by atoms with van der Waals surface area (Å²) in [7, 11) is 0. The molecular formula is C22H22N4O. The van der Waals surface area contributed by atoms with E-state index in [0.29, 0.717) is 11.3 Å². The SMILES string of the molecule is C[C@@H]1CCCC[C@H]1n1ccc2c(cnc3c(-c4ccccc4)cnn32)c1=O. The Labute approximate surface area is 157 Å². The van der Waals surface area contributed by atoms with Crippen LogP contribution in [0.1, 0.15) is 38.6 Å². The van der Waals surface area contributed by atoms with Gasteiger partial charge in [-0.1, -0.05) is 50.1 Å². The van der Waals surface area contributed by atoms with Gasteiger partial charge in [-0.05, 0) is 30.4 Å². The van der Waals surface area contributed by atoms with Gasteiger partial charge in [-0.2, -0.15) is 5.10 Å². The highest BCUT2D eigenvalue weighted by molar-refractivity contribution is 5.84. The summed E-state index contributed by atoms with van der Waals surface area (Å²) < 4.78 is 3.70. The maximum Gasteiger partial charge on any atom is 0.261 e. The number of aromatic nitrogens is 4. The minimum absolute atomic E-state index is 0.0393. The van der Waals surface area contributed by atoms with Crippen LogP contribution in [0, 0.1) is 5.92 Å². The summed E-state index contributed by atoms with van der Waals surface area (Å²) in [6.45, 7) is 2.25. The maximum absolute atomic E-state index is 13.2. The molecule has 5 nitrogen and oxygen atoms in total. The van der Waals surface area contributed by atoms with Crippen molar-refractivity contribution in [3.05, 3.63) is 65.3 Å². The van der Waals surface area contributed by atoms with E-state index in [1.807, 2.05) is 53.4 Å². The van der Waals surface area contributed by atoms with Crippen molar-refractivity contribution in [1.82, 2.24) is 19.2 Å². The Bertz CT molecular complexity index is 1180. The number of nitrogens with zero attached hydrogens (tertiary/aromatic N) is 4. The Hall–Kier alpha value is -2.95. The van der Waals surface area contributed by atoms with Crippen LogP contribution in [0.25, 0.3) is 27.7 Å². The van der Waals surface area contributed by atoms with Crippen molar-refractivity contribution in [2.75, 3.05) is 0 Å². The molecule has 0 saturated heterocycles. The van der Waals surface area contributed by atoms with Gasteiger partial charge in [0.15, 0.2) is 5.65 Å². The summed E-state index contributed by atoms with van der Waals surface area (Å²) in [6, 6.07) is 12.4. The Morgan fingerprint density at radius 2 is 1.85 bits per heavy atom. The van der Waals surface area contributed by atoms with Crippen molar-refractivity contribution in [1.29, 1.82) is 0 Å². The standard InChI is InChI=1S/C22H22N4O/c1-15-7-5-6-10-19(15)25-12-11-20-18(22(25)27)13-23-21-17(14-24-26(20)21)16-8-3-2-4-9-16/h2-4,8-9,11-15,19H,5-7,10H2,1H3/t15-,19-/m1/s1. The lowest BCUT2D eigenvalue weighted by molar-refractivity contribution is 0.253. The van der Waals surface area contributed by atoms with Gasteiger partial charge in [-0.25, -0.2) is 9.50 Å². The van der Waals surface area contributed by atoms with E-state index in [4.69, 9.17) is 0 Å². The van der Waals surface area contributed by atoms with E-state index in [1.165, 1.54) is 19.3 Å². The lowest BCUT2D eigenvalue weighted by Crippen LogP contribution is -2.30. The Kier molecular flexibility index (Phi) is 3.81. The minimum atomic E-state index is 0.0393. The number of hydrogen-bond donors (Lipinski definition) is 0. The summed E-state index contributed by atoms with van der Waals surface area (Å²) in [5, 5.41) is 5.16. The smallest absolute Gasteiger partial charge is 0.261 e. The third-order valence-electron chi connectivity index (χ3n) is 5.93. The number of pyridine rings is 1. The highest BCUT2D eigenvalue weighted by Gasteiger charge is 2.24. The first kappa shape index (κ1) is 16.2. The fraction of sp³-hybridized carbons (Fsp3) is 0.318. The molecule has 5 heteroatoms. The number of benzene rings is 1. The molecule has 3 heterocycles. The first-order valence-corrected chi connectivity index (χ1v) is 9.67. The first-order chi connectivity index (χ1) is 13.2. The molecule has 136 valence electrons. The third-order valence-corrected chi connectivity index (χ3v) is 5.93. The van der Waals surface area contributed by atoms with Crippen LogP contribution < -0.4 is 5.56 Å². The zero-order valence-corrected chi connectivity index (χ0v) is 15.4. The molecule has 0 bridgehead atoms. The van der Waals surface area contributed by atoms with Crippen LogP contribution in [0.5, 0.6) is 0 Å². The van der Waals surface area contributed by atoms with Crippen molar-refractivity contribution in [2.45, 2.75) is 38.6 Å². The van der Waals surface area contributed by atoms with Gasteiger partial charge < -0.3 is 4.57 Å². The average molecular weight is 358 g/mol. The molecule has 0 N–H and O–H groups in total. The molecule has 3 aromatic heterocycles. The fourth-order valence-corrected chi connectivity index (χ4v) is 4.42. The second kappa shape index (κ2) is 6.34. The second-order valence-electron chi connectivity index (χ2n) is 7.57. The monoisotopic (exact) mass is 358 g/mol. The summed E-state index contributed by atoms with van der Waals surface area (Å²) in [6.07, 6.45) is 10.2. The third kappa shape index (κ3) is 2.57. The van der Waals surface area contributed by atoms with E-state index in [1.54, 1.807) is 10.7 Å². The van der Waals surface area contributed by atoms with Gasteiger partial charge in [0.05, 0.1) is 17.1 Å². The quantitative estimate of drug-likeness (QED) is 0.531. The molecule has 2 atom stereocenters. The molecule has 0 spiro atoms. The number of hydrogen-bond acceptors (Lipinski definition) is 3. The molecule has 1 aliphatic rings. The van der Waals surface area contributed by atoms with Crippen LogP contribution in [0.3, 0.4) is 0 Å². The van der Waals surface area contributed by atoms with Crippen LogP contribution in [-0.2, 0) is 0 Å². The first-order valence-electron chi connectivity index (χ1n) is 9.67. The van der Waals surface area contributed by atoms with Gasteiger partial charge in [0, 0.05) is 24.0 Å². The van der Waals surface area contributed by atoms with E-state index in [9.17, 15) is 4.79 Å². The van der Waals surface area contributed by atoms with Gasteiger partial charge in [0.1, 0.15) is 0 Å². The zero-order valence-electron chi connectivity index (χ0n) is 15.4. The molecule has 5 rings (SSSR count). The number of rotatable bonds is 2. The summed E-state index contributed by atoms with van der Waals surface area (Å²) >= 11 is 0. The van der Waals surface area contributed by atoms with Gasteiger partial charge in [0.25, 0.3) is 5.56 Å². The van der Waals surface area contributed by atoms with Gasteiger partial charge in [-0.15, -0.1) is 0 Å². The largest absolute Gasteiger partial charge is 0.312 e. The topological polar surface area (TPSA) is 52.2 Å². The van der Waals surface area contributed by atoms with Crippen LogP contribution in [0.2, 0.25) is 0 Å². The van der Waals surface area contributed by atoms with Gasteiger partial charge >= 0.3 is 0 Å². The highest BCUT2D eigenvalue weighted by Crippen LogP contribution is 2.33. The van der Waals surface area contributed by atoms with Crippen molar-refractivity contribution in [3.8, 4) is 11.1 Å². The van der Waals surface area contributed by atoms with Crippen molar-refractivity contribution in [2.24, 2.45) is 5.92 Å². The average Bonchev–Trinajstić information content (AvgIpc) is 3.14. The van der Waals surface area contributed by atoms with Gasteiger partial charge in [0.2, 0.25) is 0 Å². The van der Waals surface area contributed by atoms with Crippen LogP contribution >= 0.6 is 0 Å². The van der Waals surface area contributed by atoms with Gasteiger partial charge in [-0.3, -0.25) is 4.79 Å². The molecule has 0 amide bonds. The van der Waals surface area contributed by atoms with Crippen molar-refractivity contribution >= 4 is 16.6 Å². The van der Waals surface area contributed by atoms with Crippen molar-refractivity contribution in [3.63, 3.8) is 0 Å². The summed E-state index contributed by atoms with van der Waals surface area (Å²) in [4.78, 5) is 17.8. The molecule has 0 radical (unpaired) electrons. The molecule has 27 heavy (non-hydrogen) atoms. The summed E-state index contributed by atoms with van der Waals surface area (Å²) in [5.74, 6) is 0.528. The van der Waals surface area contributed by atoms with E-state index < -0.39 is 0 Å². The van der Waals surface area contributed by atoms with Crippen molar-refractivity contribution < 1.29 is 0 Å². The highest BCUT2D eigenvalue weighted by atomic mass is 16.1. The van der Waals surface area contributed by atoms with E-state index >= 15 is 0 Å². The van der Waals surface area contributed by atoms with Crippen LogP contribution in [0.15, 0.2) is 59.8 Å².